The fourth-order valence-electron chi connectivity index (χ4n) is 5.82. The summed E-state index contributed by atoms with van der Waals surface area (Å²) in [6.07, 6.45) is 10.1. The average Bonchev–Trinajstić information content (AvgIpc) is 3.09. The first-order chi connectivity index (χ1) is 14.3. The van der Waals surface area contributed by atoms with E-state index in [1.54, 1.807) is 12.8 Å². The quantitative estimate of drug-likeness (QED) is 0.315. The van der Waals surface area contributed by atoms with E-state index in [1.807, 2.05) is 7.11 Å². The fourth-order valence-corrected chi connectivity index (χ4v) is 42.2. The van der Waals surface area contributed by atoms with Crippen molar-refractivity contribution < 1.29 is 26.2 Å². The van der Waals surface area contributed by atoms with Gasteiger partial charge in [0.1, 0.15) is 0 Å². The Morgan fingerprint density at radius 2 is 1.31 bits per heavy atom. The Hall–Kier alpha value is 0.0208. The molecule has 5 heteroatoms. The second kappa shape index (κ2) is 9.58. The molecule has 0 amide bonds. The molecule has 1 aliphatic carbocycles. The van der Waals surface area contributed by atoms with Gasteiger partial charge >= 0.3 is 212 Å². The topological polar surface area (TPSA) is 9.23 Å². The van der Waals surface area contributed by atoms with Gasteiger partial charge in [-0.05, 0) is 0 Å². The number of ether oxygens (including phenoxy) is 1. The van der Waals surface area contributed by atoms with Gasteiger partial charge in [0, 0.05) is 0 Å². The second-order valence-electron chi connectivity index (χ2n) is 14.1. The van der Waals surface area contributed by atoms with Crippen LogP contribution in [0.15, 0.2) is 36.4 Å². The molecular weight excluding hydrogens is 470 g/mol. The van der Waals surface area contributed by atoms with Gasteiger partial charge in [-0.15, -0.1) is 0 Å². The number of rotatable bonds is 8. The summed E-state index contributed by atoms with van der Waals surface area (Å²) >= 11 is -1.75. The normalized spacial score (nSPS) is 16.5. The van der Waals surface area contributed by atoms with Crippen molar-refractivity contribution in [3.63, 3.8) is 0 Å². The van der Waals surface area contributed by atoms with E-state index < -0.39 is 45.7 Å². The summed E-state index contributed by atoms with van der Waals surface area (Å²) in [6.45, 7) is 30.2. The molecule has 0 bridgehead atoms. The Kier molecular flexibility index (Phi) is 8.46. The molecule has 0 heterocycles. The Morgan fingerprint density at radius 3 is 1.69 bits per heavy atom. The molecule has 0 saturated heterocycles. The van der Waals surface area contributed by atoms with Crippen LogP contribution in [0.1, 0.15) is 31.9 Å². The van der Waals surface area contributed by atoms with E-state index in [2.05, 4.69) is 117 Å². The van der Waals surface area contributed by atoms with Crippen LogP contribution in [0.5, 0.6) is 5.75 Å². The molecule has 0 aromatic heterocycles. The molecule has 0 N–H and O–H groups in total. The van der Waals surface area contributed by atoms with Crippen molar-refractivity contribution in [2.45, 2.75) is 95.9 Å². The van der Waals surface area contributed by atoms with Crippen molar-refractivity contribution in [2.75, 3.05) is 7.11 Å². The first kappa shape index (κ1) is 28.3. The summed E-state index contributed by atoms with van der Waals surface area (Å²) in [5, 5.41) is 1.54. The maximum absolute atomic E-state index is 6.26. The number of hydrogen-bond donors (Lipinski definition) is 0. The maximum atomic E-state index is 6.26. The van der Waals surface area contributed by atoms with Gasteiger partial charge in [0.25, 0.3) is 0 Å². The monoisotopic (exact) mass is 518 g/mol. The van der Waals surface area contributed by atoms with Gasteiger partial charge in [0.15, 0.2) is 0 Å². The van der Waals surface area contributed by atoms with Crippen LogP contribution in [0.4, 0.5) is 0 Å². The van der Waals surface area contributed by atoms with E-state index in [0.29, 0.717) is 2.79 Å². The van der Waals surface area contributed by atoms with Crippen molar-refractivity contribution in [2.24, 2.45) is 0 Å². The fraction of sp³-hybridized carbons (Fsp3) is 0.630. The van der Waals surface area contributed by atoms with E-state index in [0.717, 1.165) is 0 Å². The molecule has 1 aromatic rings. The van der Waals surface area contributed by atoms with Gasteiger partial charge in [-0.3, -0.25) is 0 Å². The zero-order valence-corrected chi connectivity index (χ0v) is 28.2. The van der Waals surface area contributed by atoms with Crippen LogP contribution in [0.25, 0.3) is 0 Å². The third-order valence-electron chi connectivity index (χ3n) is 7.25. The molecule has 1 nitrogen and oxygen atoms in total. The van der Waals surface area contributed by atoms with E-state index in [1.165, 1.54) is 16.9 Å². The molecule has 0 atom stereocenters. The van der Waals surface area contributed by atoms with Crippen molar-refractivity contribution in [1.29, 1.82) is 0 Å². The van der Waals surface area contributed by atoms with Crippen LogP contribution >= 0.6 is 0 Å². The van der Waals surface area contributed by atoms with Crippen LogP contribution in [0, 0.1) is 6.92 Å². The van der Waals surface area contributed by atoms with Gasteiger partial charge in [-0.1, -0.05) is 0 Å². The van der Waals surface area contributed by atoms with Gasteiger partial charge in [-0.25, -0.2) is 0 Å². The Bertz CT molecular complexity index is 852. The number of benzene rings is 1. The van der Waals surface area contributed by atoms with Crippen molar-refractivity contribution >= 4 is 29.4 Å². The predicted octanol–water partition coefficient (Wildman–Crippen LogP) is 8.25. The van der Waals surface area contributed by atoms with Crippen molar-refractivity contribution in [3.8, 4) is 5.75 Å². The summed E-state index contributed by atoms with van der Waals surface area (Å²) in [7, 11) is -2.36. The van der Waals surface area contributed by atoms with Crippen LogP contribution in [-0.4, -0.2) is 31.3 Å². The van der Waals surface area contributed by atoms with E-state index in [4.69, 9.17) is 4.74 Å². The zero-order chi connectivity index (χ0) is 24.8. The molecule has 0 saturated carbocycles. The summed E-state index contributed by atoms with van der Waals surface area (Å²) in [6, 6.07) is 4.85. The molecular formula is C27H49OScSi3. The minimum atomic E-state index is -1.94. The Balaban J connectivity index is 2.81. The number of methoxy groups -OCH3 is 1. The van der Waals surface area contributed by atoms with E-state index >= 15 is 0 Å². The average molecular weight is 519 g/mol. The predicted molar refractivity (Wildman–Crippen MR) is 151 cm³/mol. The van der Waals surface area contributed by atoms with Gasteiger partial charge < -0.3 is 0 Å². The van der Waals surface area contributed by atoms with Crippen LogP contribution in [0.2, 0.25) is 62.8 Å². The molecule has 2 rings (SSSR count). The third kappa shape index (κ3) is 6.17. The van der Waals surface area contributed by atoms with E-state index in [-0.39, 0.29) is 5.41 Å². The van der Waals surface area contributed by atoms with Gasteiger partial charge in [0.2, 0.25) is 0 Å². The molecule has 0 spiro atoms. The standard InChI is InChI=1S/C19H27OSi.2C4H11Si.Sc/c1-14-12-16(19(2,3)4)18(20-5)17(13-14)21(6,7)15-10-8-9-11-15;2*1-5(2,3)4;/h8-13H,1-7H3;2*1H2,2-4H3;. The molecule has 0 unspecified atom stereocenters. The SMILES string of the molecule is COc1c(C(C)(C)C)cc(C)cc1[Si](C)(C)[C]1([Sc]([CH2][Si](C)(C)C)[CH2][Si](C)(C)C)C=CC=C1. The minimum absolute atomic E-state index is 0.0720. The van der Waals surface area contributed by atoms with Crippen LogP contribution < -0.4 is 9.92 Å². The summed E-state index contributed by atoms with van der Waals surface area (Å²) < 4.78 is 9.74. The van der Waals surface area contributed by atoms with Crippen LogP contribution in [0.3, 0.4) is 0 Å². The molecule has 1 aromatic carbocycles. The summed E-state index contributed by atoms with van der Waals surface area (Å²) in [5.41, 5.74) is 2.82. The van der Waals surface area contributed by atoms with Crippen molar-refractivity contribution in [3.05, 3.63) is 47.6 Å². The number of aryl methyl sites for hydroxylation is 1. The first-order valence-corrected chi connectivity index (χ1v) is 26.3. The summed E-state index contributed by atoms with van der Waals surface area (Å²) in [5.74, 6) is 1.18. The molecule has 0 radical (unpaired) electrons. The second-order valence-corrected chi connectivity index (χ2v) is 38.3. The summed E-state index contributed by atoms with van der Waals surface area (Å²) in [4.78, 5) is 0. The van der Waals surface area contributed by atoms with E-state index in [9.17, 15) is 0 Å². The molecule has 0 fully saturated rings. The zero-order valence-electron chi connectivity index (χ0n) is 23.4. The Morgan fingerprint density at radius 1 is 0.844 bits per heavy atom. The third-order valence-corrected chi connectivity index (χ3v) is 38.8. The van der Waals surface area contributed by atoms with Crippen molar-refractivity contribution in [1.82, 2.24) is 0 Å². The number of hydrogen-bond acceptors (Lipinski definition) is 1. The molecule has 32 heavy (non-hydrogen) atoms. The Labute approximate surface area is 210 Å². The molecule has 178 valence electrons. The van der Waals surface area contributed by atoms with Gasteiger partial charge in [-0.2, -0.15) is 0 Å². The number of allylic oxidation sites excluding steroid dienone is 4. The van der Waals surface area contributed by atoms with Gasteiger partial charge in [0.05, 0.1) is 0 Å². The first-order valence-electron chi connectivity index (χ1n) is 12.4. The van der Waals surface area contributed by atoms with Crippen LogP contribution in [-0.2, 0) is 26.9 Å². The molecule has 1 aliphatic rings. The molecule has 0 aliphatic heterocycles.